The van der Waals surface area contributed by atoms with Crippen molar-refractivity contribution in [2.75, 3.05) is 29.9 Å². The van der Waals surface area contributed by atoms with Gasteiger partial charge in [-0.1, -0.05) is 6.07 Å². The average Bonchev–Trinajstić information content (AvgIpc) is 2.78. The minimum atomic E-state index is -2.97. The summed E-state index contributed by atoms with van der Waals surface area (Å²) in [4.78, 5) is 14.1. The summed E-state index contributed by atoms with van der Waals surface area (Å²) >= 11 is 0. The van der Waals surface area contributed by atoms with Crippen LogP contribution in [0.1, 0.15) is 30.9 Å². The molecule has 0 aromatic heterocycles. The van der Waals surface area contributed by atoms with E-state index in [0.29, 0.717) is 25.9 Å². The maximum Gasteiger partial charge on any atom is 0.224 e. The number of amides is 1. The molecule has 1 atom stereocenters. The molecule has 0 aliphatic carbocycles. The van der Waals surface area contributed by atoms with Crippen LogP contribution in [0.5, 0.6) is 0 Å². The van der Waals surface area contributed by atoms with Gasteiger partial charge in [-0.3, -0.25) is 4.79 Å². The molecule has 1 unspecified atom stereocenters. The maximum absolute atomic E-state index is 12.4. The fourth-order valence-corrected chi connectivity index (χ4v) is 4.92. The first kappa shape index (κ1) is 17.8. The van der Waals surface area contributed by atoms with Gasteiger partial charge in [0.1, 0.15) is 0 Å². The smallest absolute Gasteiger partial charge is 0.224 e. The molecule has 1 aliphatic rings. The first-order valence-corrected chi connectivity index (χ1v) is 9.95. The normalized spacial score (nSPS) is 19.5. The Morgan fingerprint density at radius 3 is 2.43 bits per heavy atom. The number of carbonyl (C=O) groups is 1. The van der Waals surface area contributed by atoms with Crippen LogP contribution >= 0.6 is 0 Å². The lowest BCUT2D eigenvalue weighted by Crippen LogP contribution is -2.41. The molecule has 5 nitrogen and oxygen atoms in total. The molecule has 1 heterocycles. The summed E-state index contributed by atoms with van der Waals surface area (Å²) < 4.78 is 23.2. The Bertz CT molecular complexity index is 650. The van der Waals surface area contributed by atoms with Crippen LogP contribution in [0, 0.1) is 13.8 Å². The number of hydrogen-bond acceptors (Lipinski definition) is 4. The molecule has 1 N–H and O–H groups in total. The van der Waals surface area contributed by atoms with Gasteiger partial charge < -0.3 is 10.2 Å². The lowest BCUT2D eigenvalue weighted by molar-refractivity contribution is -0.132. The van der Waals surface area contributed by atoms with Gasteiger partial charge in [0.15, 0.2) is 9.84 Å². The van der Waals surface area contributed by atoms with Crippen molar-refractivity contribution in [1.82, 2.24) is 4.90 Å². The molecule has 1 amide bonds. The van der Waals surface area contributed by atoms with Crippen LogP contribution in [-0.2, 0) is 14.6 Å². The number of aryl methyl sites for hydroxylation is 2. The molecule has 1 fully saturated rings. The lowest BCUT2D eigenvalue weighted by Gasteiger charge is -2.27. The van der Waals surface area contributed by atoms with E-state index in [1.165, 1.54) is 11.1 Å². The van der Waals surface area contributed by atoms with Gasteiger partial charge in [-0.15, -0.1) is 0 Å². The van der Waals surface area contributed by atoms with Crippen LogP contribution in [0.4, 0.5) is 5.69 Å². The number of benzene rings is 1. The van der Waals surface area contributed by atoms with Gasteiger partial charge in [-0.25, -0.2) is 8.42 Å². The molecule has 0 saturated carbocycles. The molecule has 1 saturated heterocycles. The second-order valence-electron chi connectivity index (χ2n) is 6.29. The van der Waals surface area contributed by atoms with E-state index in [1.54, 1.807) is 4.90 Å². The van der Waals surface area contributed by atoms with E-state index < -0.39 is 9.84 Å². The van der Waals surface area contributed by atoms with Crippen LogP contribution in [0.25, 0.3) is 0 Å². The number of sulfone groups is 1. The van der Waals surface area contributed by atoms with E-state index >= 15 is 0 Å². The third-order valence-electron chi connectivity index (χ3n) is 4.20. The van der Waals surface area contributed by atoms with Gasteiger partial charge in [-0.05, 0) is 50.5 Å². The highest BCUT2D eigenvalue weighted by Crippen LogP contribution is 2.19. The van der Waals surface area contributed by atoms with Crippen molar-refractivity contribution < 1.29 is 13.2 Å². The second kappa shape index (κ2) is 7.34. The quantitative estimate of drug-likeness (QED) is 0.863. The summed E-state index contributed by atoms with van der Waals surface area (Å²) in [6.45, 7) is 7.10. The molecular formula is C17H26N2O3S. The van der Waals surface area contributed by atoms with Gasteiger partial charge in [0.05, 0.1) is 11.5 Å². The highest BCUT2D eigenvalue weighted by molar-refractivity contribution is 7.91. The first-order valence-electron chi connectivity index (χ1n) is 8.13. The van der Waals surface area contributed by atoms with E-state index in [1.807, 2.05) is 20.8 Å². The van der Waals surface area contributed by atoms with Gasteiger partial charge in [0.25, 0.3) is 0 Å². The fraction of sp³-hybridized carbons (Fsp3) is 0.588. The van der Waals surface area contributed by atoms with Crippen molar-refractivity contribution in [3.8, 4) is 0 Å². The van der Waals surface area contributed by atoms with Crippen molar-refractivity contribution in [3.05, 3.63) is 29.3 Å². The molecule has 1 aromatic carbocycles. The Balaban J connectivity index is 1.88. The van der Waals surface area contributed by atoms with Crippen molar-refractivity contribution in [2.24, 2.45) is 0 Å². The largest absolute Gasteiger partial charge is 0.385 e. The van der Waals surface area contributed by atoms with E-state index in [-0.39, 0.29) is 23.5 Å². The third kappa shape index (κ3) is 4.96. The number of rotatable bonds is 6. The van der Waals surface area contributed by atoms with E-state index in [9.17, 15) is 13.2 Å². The Labute approximate surface area is 139 Å². The van der Waals surface area contributed by atoms with Crippen LogP contribution in [0.3, 0.4) is 0 Å². The number of hydrogen-bond donors (Lipinski definition) is 1. The van der Waals surface area contributed by atoms with E-state index in [4.69, 9.17) is 0 Å². The summed E-state index contributed by atoms with van der Waals surface area (Å²) in [7, 11) is -2.97. The number of nitrogens with one attached hydrogen (secondary N) is 1. The molecule has 23 heavy (non-hydrogen) atoms. The zero-order valence-electron chi connectivity index (χ0n) is 14.1. The Morgan fingerprint density at radius 1 is 1.26 bits per heavy atom. The van der Waals surface area contributed by atoms with Crippen molar-refractivity contribution >= 4 is 21.4 Å². The average molecular weight is 338 g/mol. The van der Waals surface area contributed by atoms with Crippen LogP contribution in [0.2, 0.25) is 0 Å². The number of anilines is 1. The maximum atomic E-state index is 12.4. The third-order valence-corrected chi connectivity index (χ3v) is 5.95. The Kier molecular flexibility index (Phi) is 5.68. The van der Waals surface area contributed by atoms with Crippen molar-refractivity contribution in [3.63, 3.8) is 0 Å². The highest BCUT2D eigenvalue weighted by atomic mass is 32.2. The lowest BCUT2D eigenvalue weighted by atomic mass is 10.1. The standard InChI is InChI=1S/C17H26N2O3S/c1-4-19(16-6-8-23(21,22)12-16)17(20)5-7-18-15-10-13(2)9-14(3)11-15/h9-11,16,18H,4-8,12H2,1-3H3. The van der Waals surface area contributed by atoms with Gasteiger partial charge in [0.2, 0.25) is 5.91 Å². The monoisotopic (exact) mass is 338 g/mol. The fourth-order valence-electron chi connectivity index (χ4n) is 3.19. The zero-order chi connectivity index (χ0) is 17.0. The number of carbonyl (C=O) groups excluding carboxylic acids is 1. The van der Waals surface area contributed by atoms with Crippen LogP contribution in [0.15, 0.2) is 18.2 Å². The first-order chi connectivity index (χ1) is 10.8. The van der Waals surface area contributed by atoms with Gasteiger partial charge in [-0.2, -0.15) is 0 Å². The minimum Gasteiger partial charge on any atom is -0.385 e. The molecule has 0 bridgehead atoms. The van der Waals surface area contributed by atoms with Gasteiger partial charge in [0, 0.05) is 31.2 Å². The minimum absolute atomic E-state index is 0.0199. The topological polar surface area (TPSA) is 66.5 Å². The summed E-state index contributed by atoms with van der Waals surface area (Å²) in [5, 5.41) is 3.28. The van der Waals surface area contributed by atoms with Crippen LogP contribution < -0.4 is 5.32 Å². The second-order valence-corrected chi connectivity index (χ2v) is 8.52. The van der Waals surface area contributed by atoms with Crippen LogP contribution in [-0.4, -0.2) is 49.9 Å². The molecule has 6 heteroatoms. The predicted molar refractivity (Wildman–Crippen MR) is 93.5 cm³/mol. The molecular weight excluding hydrogens is 312 g/mol. The van der Waals surface area contributed by atoms with Crippen molar-refractivity contribution in [1.29, 1.82) is 0 Å². The van der Waals surface area contributed by atoms with Gasteiger partial charge >= 0.3 is 0 Å². The summed E-state index contributed by atoms with van der Waals surface area (Å²) in [5.74, 6) is 0.325. The molecule has 2 rings (SSSR count). The highest BCUT2D eigenvalue weighted by Gasteiger charge is 2.33. The predicted octanol–water partition coefficient (Wildman–Crippen LogP) is 2.14. The molecule has 1 aromatic rings. The zero-order valence-corrected chi connectivity index (χ0v) is 14.9. The molecule has 128 valence electrons. The number of nitrogens with zero attached hydrogens (tertiary/aromatic N) is 1. The Hall–Kier alpha value is -1.56. The SMILES string of the molecule is CCN(C(=O)CCNc1cc(C)cc(C)c1)C1CCS(=O)(=O)C1. The van der Waals surface area contributed by atoms with Crippen molar-refractivity contribution in [2.45, 2.75) is 39.7 Å². The summed E-state index contributed by atoms with van der Waals surface area (Å²) in [6.07, 6.45) is 0.934. The summed E-state index contributed by atoms with van der Waals surface area (Å²) in [5.41, 5.74) is 3.39. The summed E-state index contributed by atoms with van der Waals surface area (Å²) in [6, 6.07) is 6.06. The van der Waals surface area contributed by atoms with E-state index in [0.717, 1.165) is 5.69 Å². The van der Waals surface area contributed by atoms with E-state index in [2.05, 4.69) is 23.5 Å². The Morgan fingerprint density at radius 2 is 1.91 bits per heavy atom. The molecule has 1 aliphatic heterocycles. The molecule has 0 spiro atoms. The molecule has 0 radical (unpaired) electrons.